The molecule has 0 aliphatic heterocycles. The molecule has 0 aliphatic carbocycles. The molecule has 3 aromatic carbocycles. The summed E-state index contributed by atoms with van der Waals surface area (Å²) in [6.45, 7) is 4.17. The molecule has 0 saturated heterocycles. The molecule has 0 amide bonds. The first kappa shape index (κ1) is 24.2. The van der Waals surface area contributed by atoms with Crippen LogP contribution in [0.4, 0.5) is 11.4 Å². The van der Waals surface area contributed by atoms with Crippen LogP contribution in [-0.4, -0.2) is 20.5 Å². The van der Waals surface area contributed by atoms with Crippen LogP contribution < -0.4 is 10.5 Å². The molecule has 3 rings (SSSR count). The highest BCUT2D eigenvalue weighted by molar-refractivity contribution is 9.10. The summed E-state index contributed by atoms with van der Waals surface area (Å²) in [5, 5.41) is 0. The maximum Gasteiger partial charge on any atom is 0.293 e. The molecule has 3 N–H and O–H groups in total. The van der Waals surface area contributed by atoms with E-state index in [0.717, 1.165) is 19.8 Å². The molecule has 0 fully saturated rings. The van der Waals surface area contributed by atoms with Crippen LogP contribution in [-0.2, 0) is 26.0 Å². The summed E-state index contributed by atoms with van der Waals surface area (Å²) >= 11 is 4.77. The van der Waals surface area contributed by atoms with Crippen molar-refractivity contribution >= 4 is 55.6 Å². The molecule has 0 spiro atoms. The quantitative estimate of drug-likeness (QED) is 0.278. The average molecular weight is 535 g/mol. The number of rotatable bonds is 9. The van der Waals surface area contributed by atoms with E-state index in [0.29, 0.717) is 24.3 Å². The second kappa shape index (κ2) is 9.97. The second-order valence-electron chi connectivity index (χ2n) is 7.71. The van der Waals surface area contributed by atoms with Gasteiger partial charge in [-0.3, -0.25) is 9.52 Å². The summed E-state index contributed by atoms with van der Waals surface area (Å²) in [7, 11) is -3.76. The summed E-state index contributed by atoms with van der Waals surface area (Å²) < 4.78 is 33.9. The van der Waals surface area contributed by atoms with Gasteiger partial charge in [0.05, 0.1) is 4.90 Å². The van der Waals surface area contributed by atoms with Crippen LogP contribution in [0.3, 0.4) is 0 Å². The Labute approximate surface area is 200 Å². The van der Waals surface area contributed by atoms with Gasteiger partial charge in [-0.1, -0.05) is 39.8 Å². The molecule has 0 heterocycles. The number of hydrogen-bond donors (Lipinski definition) is 2. The number of halogens is 1. The van der Waals surface area contributed by atoms with Gasteiger partial charge >= 0.3 is 0 Å². The van der Waals surface area contributed by atoms with Crippen LogP contribution in [0, 0.1) is 0 Å². The Morgan fingerprint density at radius 1 is 1.06 bits per heavy atom. The Morgan fingerprint density at radius 2 is 1.72 bits per heavy atom. The van der Waals surface area contributed by atoms with Gasteiger partial charge in [-0.15, -0.1) is 0 Å². The van der Waals surface area contributed by atoms with E-state index in [1.165, 1.54) is 23.9 Å². The van der Waals surface area contributed by atoms with E-state index in [-0.39, 0.29) is 4.90 Å². The first-order valence-corrected chi connectivity index (χ1v) is 12.7. The van der Waals surface area contributed by atoms with Crippen LogP contribution in [0.1, 0.15) is 19.4 Å². The fourth-order valence-electron chi connectivity index (χ4n) is 2.98. The maximum atomic E-state index is 12.7. The van der Waals surface area contributed by atoms with Crippen LogP contribution in [0.2, 0.25) is 0 Å². The van der Waals surface area contributed by atoms with Gasteiger partial charge in [0.25, 0.3) is 16.5 Å². The smallest absolute Gasteiger partial charge is 0.293 e. The number of nitrogens with two attached hydrogens (primary N) is 1. The minimum Gasteiger partial charge on any atom is -0.462 e. The van der Waals surface area contributed by atoms with Gasteiger partial charge in [0.2, 0.25) is 0 Å². The van der Waals surface area contributed by atoms with Crippen molar-refractivity contribution in [2.45, 2.75) is 40.6 Å². The molecule has 0 aromatic heterocycles. The van der Waals surface area contributed by atoms with Gasteiger partial charge in [0, 0.05) is 32.1 Å². The molecule has 32 heavy (non-hydrogen) atoms. The lowest BCUT2D eigenvalue weighted by Gasteiger charge is -2.22. The SMILES string of the molecule is CC(C)(Cc1ccc(Sc2ccc(S(=O)(=O)Nc3ccc(Br)cc3)cc2N)cc1)OC=O. The van der Waals surface area contributed by atoms with Crippen molar-refractivity contribution in [3.63, 3.8) is 0 Å². The van der Waals surface area contributed by atoms with Crippen molar-refractivity contribution in [2.24, 2.45) is 0 Å². The molecule has 168 valence electrons. The largest absolute Gasteiger partial charge is 0.462 e. The van der Waals surface area contributed by atoms with E-state index in [1.54, 1.807) is 30.3 Å². The summed E-state index contributed by atoms with van der Waals surface area (Å²) in [6.07, 6.45) is 0.594. The molecular formula is C23H23BrN2O4S2. The van der Waals surface area contributed by atoms with Crippen molar-refractivity contribution in [3.8, 4) is 0 Å². The minimum absolute atomic E-state index is 0.0926. The van der Waals surface area contributed by atoms with E-state index in [2.05, 4.69) is 20.7 Å². The standard InChI is InChI=1S/C23H23BrN2O4S2/c1-23(2,30-15-27)14-16-3-9-19(10-4-16)31-22-12-11-20(13-21(22)25)32(28,29)26-18-7-5-17(24)6-8-18/h3-13,15,26H,14,25H2,1-2H3. The van der Waals surface area contributed by atoms with Crippen molar-refractivity contribution in [1.29, 1.82) is 0 Å². The molecule has 3 aromatic rings. The number of nitrogen functional groups attached to an aromatic ring is 1. The van der Waals surface area contributed by atoms with Crippen molar-refractivity contribution in [3.05, 3.63) is 76.8 Å². The third-order valence-electron chi connectivity index (χ3n) is 4.54. The Morgan fingerprint density at radius 3 is 2.31 bits per heavy atom. The van der Waals surface area contributed by atoms with Gasteiger partial charge in [-0.05, 0) is 74.0 Å². The Hall–Kier alpha value is -2.49. The zero-order chi connectivity index (χ0) is 23.4. The van der Waals surface area contributed by atoms with E-state index in [9.17, 15) is 13.2 Å². The third kappa shape index (κ3) is 6.51. The Balaban J connectivity index is 1.71. The lowest BCUT2D eigenvalue weighted by atomic mass is 9.99. The molecule has 0 bridgehead atoms. The monoisotopic (exact) mass is 534 g/mol. The molecule has 0 radical (unpaired) electrons. The van der Waals surface area contributed by atoms with Crippen molar-refractivity contribution in [2.75, 3.05) is 10.5 Å². The summed E-state index contributed by atoms with van der Waals surface area (Å²) in [5.41, 5.74) is 7.45. The minimum atomic E-state index is -3.76. The van der Waals surface area contributed by atoms with Gasteiger partial charge in [-0.25, -0.2) is 8.42 Å². The first-order chi connectivity index (χ1) is 15.1. The predicted molar refractivity (Wildman–Crippen MR) is 131 cm³/mol. The Kier molecular flexibility index (Phi) is 7.53. The average Bonchev–Trinajstić information content (AvgIpc) is 2.72. The first-order valence-electron chi connectivity index (χ1n) is 9.64. The van der Waals surface area contributed by atoms with Crippen LogP contribution in [0.15, 0.2) is 85.9 Å². The molecule has 9 heteroatoms. The van der Waals surface area contributed by atoms with E-state index in [1.807, 2.05) is 38.1 Å². The van der Waals surface area contributed by atoms with Crippen LogP contribution in [0.25, 0.3) is 0 Å². The topological polar surface area (TPSA) is 98.5 Å². The predicted octanol–water partition coefficient (Wildman–Crippen LogP) is 5.48. The molecule has 0 saturated carbocycles. The van der Waals surface area contributed by atoms with Gasteiger partial charge in [-0.2, -0.15) is 0 Å². The lowest BCUT2D eigenvalue weighted by molar-refractivity contribution is -0.140. The zero-order valence-electron chi connectivity index (χ0n) is 17.5. The highest BCUT2D eigenvalue weighted by Gasteiger charge is 2.19. The van der Waals surface area contributed by atoms with E-state index in [4.69, 9.17) is 10.5 Å². The Bertz CT molecular complexity index is 1200. The second-order valence-corrected chi connectivity index (χ2v) is 11.4. The van der Waals surface area contributed by atoms with Gasteiger partial charge in [0.15, 0.2) is 0 Å². The zero-order valence-corrected chi connectivity index (χ0v) is 20.8. The molecule has 0 aliphatic rings. The molecule has 0 atom stereocenters. The molecule has 0 unspecified atom stereocenters. The van der Waals surface area contributed by atoms with E-state index < -0.39 is 15.6 Å². The number of carbonyl (C=O) groups excluding carboxylic acids is 1. The van der Waals surface area contributed by atoms with Crippen molar-refractivity contribution < 1.29 is 17.9 Å². The van der Waals surface area contributed by atoms with Crippen molar-refractivity contribution in [1.82, 2.24) is 0 Å². The maximum absolute atomic E-state index is 12.7. The number of ether oxygens (including phenoxy) is 1. The fraction of sp³-hybridized carbons (Fsp3) is 0.174. The molecule has 6 nitrogen and oxygen atoms in total. The fourth-order valence-corrected chi connectivity index (χ4v) is 5.18. The lowest BCUT2D eigenvalue weighted by Crippen LogP contribution is -2.26. The number of anilines is 2. The van der Waals surface area contributed by atoms with Gasteiger partial charge in [0.1, 0.15) is 5.60 Å². The summed E-state index contributed by atoms with van der Waals surface area (Å²) in [4.78, 5) is 12.4. The highest BCUT2D eigenvalue weighted by atomic mass is 79.9. The van der Waals surface area contributed by atoms with Crippen LogP contribution in [0.5, 0.6) is 0 Å². The third-order valence-corrected chi connectivity index (χ3v) is 7.54. The number of carbonyl (C=O) groups is 1. The number of nitrogens with one attached hydrogen (secondary N) is 1. The van der Waals surface area contributed by atoms with E-state index >= 15 is 0 Å². The number of hydrogen-bond acceptors (Lipinski definition) is 6. The normalized spacial score (nSPS) is 11.7. The number of benzene rings is 3. The number of sulfonamides is 1. The highest BCUT2D eigenvalue weighted by Crippen LogP contribution is 2.34. The molecular weight excluding hydrogens is 512 g/mol. The summed E-state index contributed by atoms with van der Waals surface area (Å²) in [5.74, 6) is 0. The summed E-state index contributed by atoms with van der Waals surface area (Å²) in [6, 6.07) is 19.4. The van der Waals surface area contributed by atoms with Crippen LogP contribution >= 0.6 is 27.7 Å². The van der Waals surface area contributed by atoms with Gasteiger partial charge < -0.3 is 10.5 Å².